The standard InChI is InChI=1S/C19H14FN3O4/c1-2-10-22-18(24)16(12-6-8-15(9-7-12)23(26)27)17(19(22)25)21-14-5-3-4-13(20)11-14/h2-9,11,21H,1,10H2. The zero-order chi connectivity index (χ0) is 19.6. The third-order valence-corrected chi connectivity index (χ3v) is 3.94. The fraction of sp³-hybridized carbons (Fsp3) is 0.0526. The number of anilines is 1. The molecule has 0 spiro atoms. The van der Waals surface area contributed by atoms with Gasteiger partial charge in [0.05, 0.1) is 10.5 Å². The number of benzene rings is 2. The van der Waals surface area contributed by atoms with Crippen LogP contribution in [0.5, 0.6) is 0 Å². The van der Waals surface area contributed by atoms with Gasteiger partial charge in [-0.25, -0.2) is 4.39 Å². The average Bonchev–Trinajstić information content (AvgIpc) is 2.86. The fourth-order valence-electron chi connectivity index (χ4n) is 2.72. The quantitative estimate of drug-likeness (QED) is 0.367. The van der Waals surface area contributed by atoms with E-state index in [9.17, 15) is 24.1 Å². The Hall–Kier alpha value is -3.81. The number of imide groups is 1. The van der Waals surface area contributed by atoms with E-state index in [1.807, 2.05) is 0 Å². The maximum Gasteiger partial charge on any atom is 0.278 e. The van der Waals surface area contributed by atoms with Crippen molar-refractivity contribution in [1.29, 1.82) is 0 Å². The predicted molar refractivity (Wildman–Crippen MR) is 97.0 cm³/mol. The Morgan fingerprint density at radius 3 is 2.44 bits per heavy atom. The maximum absolute atomic E-state index is 13.5. The first-order chi connectivity index (χ1) is 12.9. The van der Waals surface area contributed by atoms with Gasteiger partial charge in [0.2, 0.25) is 0 Å². The summed E-state index contributed by atoms with van der Waals surface area (Å²) in [5, 5.41) is 13.6. The summed E-state index contributed by atoms with van der Waals surface area (Å²) in [4.78, 5) is 36.7. The first-order valence-corrected chi connectivity index (χ1v) is 7.91. The Morgan fingerprint density at radius 2 is 1.85 bits per heavy atom. The molecule has 27 heavy (non-hydrogen) atoms. The van der Waals surface area contributed by atoms with Gasteiger partial charge in [-0.3, -0.25) is 24.6 Å². The molecule has 136 valence electrons. The lowest BCUT2D eigenvalue weighted by Gasteiger charge is -2.12. The topological polar surface area (TPSA) is 92.6 Å². The van der Waals surface area contributed by atoms with Crippen LogP contribution in [0.15, 0.2) is 66.9 Å². The van der Waals surface area contributed by atoms with Crippen LogP contribution in [0.4, 0.5) is 15.8 Å². The lowest BCUT2D eigenvalue weighted by atomic mass is 10.0. The smallest absolute Gasteiger partial charge is 0.278 e. The molecule has 1 aliphatic heterocycles. The number of nitrogens with one attached hydrogen (secondary N) is 1. The number of rotatable bonds is 6. The van der Waals surface area contributed by atoms with Crippen molar-refractivity contribution >= 4 is 28.8 Å². The summed E-state index contributed by atoms with van der Waals surface area (Å²) in [5.74, 6) is -1.65. The van der Waals surface area contributed by atoms with Crippen molar-refractivity contribution in [3.05, 3.63) is 88.4 Å². The van der Waals surface area contributed by atoms with E-state index in [1.54, 1.807) is 6.07 Å². The minimum atomic E-state index is -0.586. The molecule has 0 radical (unpaired) electrons. The maximum atomic E-state index is 13.5. The molecule has 0 saturated heterocycles. The van der Waals surface area contributed by atoms with E-state index in [1.165, 1.54) is 48.5 Å². The minimum Gasteiger partial charge on any atom is -0.350 e. The van der Waals surface area contributed by atoms with Gasteiger partial charge < -0.3 is 5.32 Å². The molecule has 1 N–H and O–H groups in total. The van der Waals surface area contributed by atoms with Gasteiger partial charge >= 0.3 is 0 Å². The van der Waals surface area contributed by atoms with Crippen molar-refractivity contribution < 1.29 is 18.9 Å². The molecule has 0 saturated carbocycles. The number of non-ortho nitro benzene ring substituents is 1. The molecule has 2 aromatic rings. The first kappa shape index (κ1) is 18.0. The molecule has 0 aliphatic carbocycles. The summed E-state index contributed by atoms with van der Waals surface area (Å²) in [6, 6.07) is 10.7. The summed E-state index contributed by atoms with van der Waals surface area (Å²) < 4.78 is 13.5. The minimum absolute atomic E-state index is 0.00246. The Bertz CT molecular complexity index is 983. The highest BCUT2D eigenvalue weighted by Crippen LogP contribution is 2.31. The zero-order valence-electron chi connectivity index (χ0n) is 14.0. The molecule has 0 bridgehead atoms. The second-order valence-electron chi connectivity index (χ2n) is 5.70. The van der Waals surface area contributed by atoms with Crippen molar-refractivity contribution in [1.82, 2.24) is 4.90 Å². The van der Waals surface area contributed by atoms with Crippen LogP contribution in [0, 0.1) is 15.9 Å². The molecule has 3 rings (SSSR count). The molecule has 1 aliphatic rings. The molecule has 0 fully saturated rings. The number of nitro groups is 1. The third-order valence-electron chi connectivity index (χ3n) is 3.94. The van der Waals surface area contributed by atoms with Crippen LogP contribution in [0.1, 0.15) is 5.56 Å². The third kappa shape index (κ3) is 3.45. The number of hydrogen-bond acceptors (Lipinski definition) is 5. The van der Waals surface area contributed by atoms with Gasteiger partial charge in [0, 0.05) is 24.4 Å². The Kier molecular flexibility index (Phi) is 4.80. The number of amides is 2. The SMILES string of the molecule is C=CCN1C(=O)C(Nc2cccc(F)c2)=C(c2ccc([N+](=O)[O-])cc2)C1=O. The Labute approximate surface area is 153 Å². The van der Waals surface area contributed by atoms with E-state index in [2.05, 4.69) is 11.9 Å². The van der Waals surface area contributed by atoms with Crippen LogP contribution in [0.3, 0.4) is 0 Å². The normalized spacial score (nSPS) is 13.9. The zero-order valence-corrected chi connectivity index (χ0v) is 14.0. The van der Waals surface area contributed by atoms with Crippen molar-refractivity contribution in [3.63, 3.8) is 0 Å². The average molecular weight is 367 g/mol. The van der Waals surface area contributed by atoms with E-state index in [-0.39, 0.29) is 23.5 Å². The molecule has 2 aromatic carbocycles. The molecule has 0 atom stereocenters. The highest BCUT2D eigenvalue weighted by Gasteiger charge is 2.38. The largest absolute Gasteiger partial charge is 0.350 e. The second kappa shape index (κ2) is 7.20. The van der Waals surface area contributed by atoms with Gasteiger partial charge in [-0.2, -0.15) is 0 Å². The number of nitrogens with zero attached hydrogens (tertiary/aromatic N) is 2. The van der Waals surface area contributed by atoms with Gasteiger partial charge in [-0.05, 0) is 35.9 Å². The van der Waals surface area contributed by atoms with Crippen molar-refractivity contribution in [3.8, 4) is 0 Å². The molecule has 0 aromatic heterocycles. The van der Waals surface area contributed by atoms with Gasteiger partial charge in [0.15, 0.2) is 0 Å². The summed E-state index contributed by atoms with van der Waals surface area (Å²) in [6.45, 7) is 3.54. The Balaban J connectivity index is 2.08. The van der Waals surface area contributed by atoms with Gasteiger partial charge in [-0.15, -0.1) is 6.58 Å². The summed E-state index contributed by atoms with van der Waals surface area (Å²) in [5.41, 5.74) is 0.524. The van der Waals surface area contributed by atoms with E-state index < -0.39 is 22.6 Å². The fourth-order valence-corrected chi connectivity index (χ4v) is 2.72. The van der Waals surface area contributed by atoms with Crippen molar-refractivity contribution in [2.45, 2.75) is 0 Å². The van der Waals surface area contributed by atoms with Crippen LogP contribution in [0.25, 0.3) is 5.57 Å². The van der Waals surface area contributed by atoms with Gasteiger partial charge in [0.1, 0.15) is 11.5 Å². The van der Waals surface area contributed by atoms with E-state index in [0.29, 0.717) is 11.3 Å². The van der Waals surface area contributed by atoms with Crippen LogP contribution in [-0.2, 0) is 9.59 Å². The highest BCUT2D eigenvalue weighted by atomic mass is 19.1. The molecule has 0 unspecified atom stereocenters. The highest BCUT2D eigenvalue weighted by molar-refractivity contribution is 6.36. The predicted octanol–water partition coefficient (Wildman–Crippen LogP) is 3.11. The molecule has 8 heteroatoms. The molecule has 2 amide bonds. The number of carbonyl (C=O) groups excluding carboxylic acids is 2. The van der Waals surface area contributed by atoms with Crippen LogP contribution in [0.2, 0.25) is 0 Å². The van der Waals surface area contributed by atoms with Gasteiger partial charge in [-0.1, -0.05) is 12.1 Å². The second-order valence-corrected chi connectivity index (χ2v) is 5.70. The number of hydrogen-bond donors (Lipinski definition) is 1. The van der Waals surface area contributed by atoms with E-state index >= 15 is 0 Å². The van der Waals surface area contributed by atoms with Crippen molar-refractivity contribution in [2.24, 2.45) is 0 Å². The number of carbonyl (C=O) groups is 2. The summed E-state index contributed by atoms with van der Waals surface area (Å²) in [6.07, 6.45) is 1.41. The number of halogens is 1. The number of nitro benzene ring substituents is 1. The molecule has 1 heterocycles. The molecule has 7 nitrogen and oxygen atoms in total. The van der Waals surface area contributed by atoms with Crippen LogP contribution in [-0.4, -0.2) is 28.2 Å². The monoisotopic (exact) mass is 367 g/mol. The molecular formula is C19H14FN3O4. The van der Waals surface area contributed by atoms with Crippen LogP contribution < -0.4 is 5.32 Å². The summed E-state index contributed by atoms with van der Waals surface area (Å²) >= 11 is 0. The lowest BCUT2D eigenvalue weighted by molar-refractivity contribution is -0.384. The summed E-state index contributed by atoms with van der Waals surface area (Å²) in [7, 11) is 0. The lowest BCUT2D eigenvalue weighted by Crippen LogP contribution is -2.32. The van der Waals surface area contributed by atoms with Gasteiger partial charge in [0.25, 0.3) is 17.5 Å². The van der Waals surface area contributed by atoms with Crippen LogP contribution >= 0.6 is 0 Å². The first-order valence-electron chi connectivity index (χ1n) is 7.91. The van der Waals surface area contributed by atoms with Crippen molar-refractivity contribution in [2.75, 3.05) is 11.9 Å². The van der Waals surface area contributed by atoms with E-state index in [4.69, 9.17) is 0 Å². The molecular weight excluding hydrogens is 353 g/mol. The Morgan fingerprint density at radius 1 is 1.15 bits per heavy atom. The van der Waals surface area contributed by atoms with E-state index in [0.717, 1.165) is 4.90 Å².